The third-order valence-corrected chi connectivity index (χ3v) is 6.84. The molecule has 2 aliphatic heterocycles. The summed E-state index contributed by atoms with van der Waals surface area (Å²) in [5, 5.41) is 29.4. The largest absolute Gasteiger partial charge is 0.451 e. The summed E-state index contributed by atoms with van der Waals surface area (Å²) < 4.78 is 10.3. The van der Waals surface area contributed by atoms with Gasteiger partial charge in [0.2, 0.25) is 11.4 Å². The van der Waals surface area contributed by atoms with Gasteiger partial charge in [0.1, 0.15) is 6.10 Å². The number of allylic oxidation sites excluding steroid dienone is 9. The highest BCUT2D eigenvalue weighted by molar-refractivity contribution is 5.88. The van der Waals surface area contributed by atoms with Gasteiger partial charge in [-0.05, 0) is 51.0 Å². The second-order valence-corrected chi connectivity index (χ2v) is 9.89. The number of esters is 1. The van der Waals surface area contributed by atoms with Crippen LogP contribution in [-0.2, 0) is 14.3 Å². The SMILES string of the molecule is CC1=C(/C=C/C(C)=C/C=C/C(C)=C/CC23OC2(O)[C@@H]([C@@H](O)CO)OC3=O)C(C)(C)CCC1. The number of rotatable bonds is 8. The van der Waals surface area contributed by atoms with Gasteiger partial charge in [-0.25, -0.2) is 4.79 Å². The summed E-state index contributed by atoms with van der Waals surface area (Å²) in [6, 6.07) is 0. The van der Waals surface area contributed by atoms with Crippen LogP contribution in [-0.4, -0.2) is 51.5 Å². The lowest BCUT2D eigenvalue weighted by atomic mass is 9.72. The van der Waals surface area contributed by atoms with E-state index in [1.165, 1.54) is 30.4 Å². The van der Waals surface area contributed by atoms with Gasteiger partial charge in [0.25, 0.3) is 0 Å². The molecule has 0 saturated carbocycles. The molecule has 0 bridgehead atoms. The Morgan fingerprint density at radius 1 is 1.25 bits per heavy atom. The van der Waals surface area contributed by atoms with Crippen LogP contribution < -0.4 is 0 Å². The maximum Gasteiger partial charge on any atom is 0.345 e. The molecule has 1 aliphatic carbocycles. The van der Waals surface area contributed by atoms with Crippen molar-refractivity contribution < 1.29 is 29.6 Å². The number of ether oxygens (including phenoxy) is 2. The lowest BCUT2D eigenvalue weighted by molar-refractivity contribution is -0.177. The molecule has 3 N–H and O–H groups in total. The Kier molecular flexibility index (Phi) is 7.01. The van der Waals surface area contributed by atoms with Gasteiger partial charge in [-0.2, -0.15) is 0 Å². The maximum absolute atomic E-state index is 12.2. The topological polar surface area (TPSA) is 99.5 Å². The van der Waals surface area contributed by atoms with E-state index in [1.54, 1.807) is 6.08 Å². The van der Waals surface area contributed by atoms with Crippen LogP contribution in [0, 0.1) is 5.41 Å². The molecule has 2 heterocycles. The molecule has 2 saturated heterocycles. The van der Waals surface area contributed by atoms with Crippen molar-refractivity contribution >= 4 is 5.97 Å². The fourth-order valence-corrected chi connectivity index (χ4v) is 4.72. The highest BCUT2D eigenvalue weighted by Crippen LogP contribution is 2.58. The van der Waals surface area contributed by atoms with E-state index < -0.39 is 36.2 Å². The van der Waals surface area contributed by atoms with Gasteiger partial charge >= 0.3 is 5.97 Å². The first-order valence-electron chi connectivity index (χ1n) is 11.3. The number of aliphatic hydroxyl groups is 3. The van der Waals surface area contributed by atoms with Gasteiger partial charge in [-0.1, -0.05) is 67.0 Å². The molecular weight excluding hydrogens is 408 g/mol. The van der Waals surface area contributed by atoms with E-state index >= 15 is 0 Å². The van der Waals surface area contributed by atoms with E-state index in [2.05, 4.69) is 39.8 Å². The highest BCUT2D eigenvalue weighted by atomic mass is 16.8. The number of hydrogen-bond donors (Lipinski definition) is 3. The Morgan fingerprint density at radius 3 is 2.59 bits per heavy atom. The third-order valence-electron chi connectivity index (χ3n) is 6.84. The third kappa shape index (κ3) is 4.55. The molecule has 0 aromatic heterocycles. The van der Waals surface area contributed by atoms with Crippen LogP contribution in [0.15, 0.2) is 58.7 Å². The van der Waals surface area contributed by atoms with Crippen LogP contribution in [0.25, 0.3) is 0 Å². The Hall–Kier alpha value is -1.99. The molecule has 0 aromatic rings. The zero-order chi connectivity index (χ0) is 23.7. The number of epoxide rings is 1. The summed E-state index contributed by atoms with van der Waals surface area (Å²) >= 11 is 0. The van der Waals surface area contributed by atoms with E-state index in [4.69, 9.17) is 14.6 Å². The smallest absolute Gasteiger partial charge is 0.345 e. The minimum atomic E-state index is -1.90. The van der Waals surface area contributed by atoms with Crippen LogP contribution in [0.2, 0.25) is 0 Å². The van der Waals surface area contributed by atoms with Crippen molar-refractivity contribution in [2.45, 2.75) is 83.9 Å². The predicted molar refractivity (Wildman–Crippen MR) is 122 cm³/mol. The minimum Gasteiger partial charge on any atom is -0.451 e. The van der Waals surface area contributed by atoms with Crippen molar-refractivity contribution in [3.63, 3.8) is 0 Å². The number of aliphatic hydroxyl groups excluding tert-OH is 2. The molecule has 6 nitrogen and oxygen atoms in total. The lowest BCUT2D eigenvalue weighted by Gasteiger charge is -2.32. The fourth-order valence-electron chi connectivity index (χ4n) is 4.72. The summed E-state index contributed by atoms with van der Waals surface area (Å²) in [4.78, 5) is 12.2. The number of hydrogen-bond acceptors (Lipinski definition) is 6. The van der Waals surface area contributed by atoms with E-state index in [0.29, 0.717) is 0 Å². The molecule has 4 atom stereocenters. The van der Waals surface area contributed by atoms with Gasteiger partial charge in [0.15, 0.2) is 6.10 Å². The van der Waals surface area contributed by atoms with Crippen molar-refractivity contribution in [2.75, 3.05) is 6.61 Å². The number of fused-ring (bicyclic) bond motifs is 1. The molecule has 3 aliphatic rings. The van der Waals surface area contributed by atoms with Gasteiger partial charge in [-0.15, -0.1) is 0 Å². The average Bonchev–Trinajstić information content (AvgIpc) is 3.28. The van der Waals surface area contributed by atoms with Gasteiger partial charge < -0.3 is 24.8 Å². The minimum absolute atomic E-state index is 0.123. The Morgan fingerprint density at radius 2 is 1.97 bits per heavy atom. The molecule has 0 radical (unpaired) electrons. The van der Waals surface area contributed by atoms with Crippen molar-refractivity contribution in [3.05, 3.63) is 58.7 Å². The molecule has 2 fully saturated rings. The van der Waals surface area contributed by atoms with Crippen molar-refractivity contribution in [2.24, 2.45) is 5.41 Å². The normalized spacial score (nSPS) is 33.8. The summed E-state index contributed by atoms with van der Waals surface area (Å²) in [5.41, 5.74) is 3.65. The zero-order valence-electron chi connectivity index (χ0n) is 19.7. The molecule has 0 amide bonds. The standard InChI is InChI=1S/C26H36O6/c1-17(11-12-20-19(3)10-7-14-24(20,4)5)8-6-9-18(2)13-15-25-23(29)31-22(21(28)16-27)26(25,30)32-25/h6,8-9,11-13,21-22,27-28,30H,7,10,14-16H2,1-5H3/b9-6+,12-11+,17-8+,18-13+/t21-,22+,25?,26?/m0/s1. The van der Waals surface area contributed by atoms with Crippen LogP contribution >= 0.6 is 0 Å². The quantitative estimate of drug-likeness (QED) is 0.300. The van der Waals surface area contributed by atoms with Crippen molar-refractivity contribution in [3.8, 4) is 0 Å². The van der Waals surface area contributed by atoms with Crippen LogP contribution in [0.3, 0.4) is 0 Å². The van der Waals surface area contributed by atoms with Gasteiger partial charge in [0, 0.05) is 6.42 Å². The van der Waals surface area contributed by atoms with E-state index in [1.807, 2.05) is 25.2 Å². The lowest BCUT2D eigenvalue weighted by Crippen LogP contribution is -2.42. The first-order chi connectivity index (χ1) is 15.0. The predicted octanol–water partition coefficient (Wildman–Crippen LogP) is 3.64. The van der Waals surface area contributed by atoms with Crippen LogP contribution in [0.4, 0.5) is 0 Å². The highest BCUT2D eigenvalue weighted by Gasteiger charge is 2.85. The van der Waals surface area contributed by atoms with Crippen LogP contribution in [0.5, 0.6) is 0 Å². The Balaban J connectivity index is 1.60. The van der Waals surface area contributed by atoms with Crippen molar-refractivity contribution in [1.29, 1.82) is 0 Å². The van der Waals surface area contributed by atoms with Crippen LogP contribution in [0.1, 0.15) is 60.3 Å². The number of cyclic esters (lactones) is 1. The second kappa shape index (κ2) is 9.10. The monoisotopic (exact) mass is 444 g/mol. The fraction of sp³-hybridized carbons (Fsp3) is 0.577. The van der Waals surface area contributed by atoms with Gasteiger partial charge in [0.05, 0.1) is 6.61 Å². The molecule has 2 unspecified atom stereocenters. The Labute approximate surface area is 190 Å². The zero-order valence-corrected chi connectivity index (χ0v) is 19.7. The number of carbonyl (C=O) groups excluding carboxylic acids is 1. The van der Waals surface area contributed by atoms with Gasteiger partial charge in [-0.3, -0.25) is 0 Å². The summed E-state index contributed by atoms with van der Waals surface area (Å²) in [6.45, 7) is 10.2. The van der Waals surface area contributed by atoms with Crippen molar-refractivity contribution in [1.82, 2.24) is 0 Å². The Bertz CT molecular complexity index is 905. The first-order valence-corrected chi connectivity index (χ1v) is 11.3. The van der Waals surface area contributed by atoms with E-state index in [0.717, 1.165) is 11.1 Å². The summed E-state index contributed by atoms with van der Waals surface area (Å²) in [6.07, 6.45) is 13.2. The molecule has 176 valence electrons. The summed E-state index contributed by atoms with van der Waals surface area (Å²) in [7, 11) is 0. The molecule has 0 spiro atoms. The summed E-state index contributed by atoms with van der Waals surface area (Å²) in [5.74, 6) is -2.62. The first kappa shape index (κ1) is 24.6. The molecule has 3 rings (SSSR count). The molecule has 6 heteroatoms. The second-order valence-electron chi connectivity index (χ2n) is 9.89. The van der Waals surface area contributed by atoms with E-state index in [9.17, 15) is 15.0 Å². The molecular formula is C26H36O6. The number of carbonyl (C=O) groups is 1. The maximum atomic E-state index is 12.2. The van der Waals surface area contributed by atoms with E-state index in [-0.39, 0.29) is 11.8 Å². The average molecular weight is 445 g/mol. The molecule has 32 heavy (non-hydrogen) atoms. The molecule has 0 aromatic carbocycles.